The van der Waals surface area contributed by atoms with Crippen LogP contribution in [-0.2, 0) is 0 Å². The average molecular weight is 290 g/mol. The van der Waals surface area contributed by atoms with Crippen LogP contribution < -0.4 is 5.73 Å². The Morgan fingerprint density at radius 3 is 1.85 bits per heavy atom. The zero-order valence-electron chi connectivity index (χ0n) is 9.98. The molecule has 1 aliphatic carbocycles. The third-order valence-electron chi connectivity index (χ3n) is 3.26. The minimum Gasteiger partial charge on any atom is -0.507 e. The van der Waals surface area contributed by atoms with Crippen LogP contribution in [0, 0.1) is 0 Å². The van der Waals surface area contributed by atoms with Gasteiger partial charge in [0.2, 0.25) is 5.78 Å². The van der Waals surface area contributed by atoms with Gasteiger partial charge in [-0.2, -0.15) is 0 Å². The van der Waals surface area contributed by atoms with Crippen molar-refractivity contribution in [2.45, 2.75) is 0 Å². The molecule has 0 bridgehead atoms. The number of aromatic hydroxyl groups is 2. The fourth-order valence-corrected chi connectivity index (χ4v) is 2.59. The maximum atomic E-state index is 12.4. The third-order valence-corrected chi connectivity index (χ3v) is 3.57. The topological polar surface area (TPSA) is 101 Å². The summed E-state index contributed by atoms with van der Waals surface area (Å²) in [6.45, 7) is 0. The average Bonchev–Trinajstić information content (AvgIpc) is 2.41. The Kier molecular flexibility index (Phi) is 2.49. The second-order valence-electron chi connectivity index (χ2n) is 4.40. The van der Waals surface area contributed by atoms with Crippen LogP contribution in [0.2, 0.25) is 5.02 Å². The Morgan fingerprint density at radius 1 is 0.800 bits per heavy atom. The fourth-order valence-electron chi connectivity index (χ4n) is 2.35. The smallest absolute Gasteiger partial charge is 0.200 e. The SMILES string of the molecule is Nc1ccc(Cl)c2c1C(=O)c1c(O)ccc(O)c1C2=O. The van der Waals surface area contributed by atoms with Crippen molar-refractivity contribution in [2.75, 3.05) is 5.73 Å². The van der Waals surface area contributed by atoms with Gasteiger partial charge in [0.05, 0.1) is 27.3 Å². The number of hydrogen-bond donors (Lipinski definition) is 3. The van der Waals surface area contributed by atoms with Gasteiger partial charge in [0.1, 0.15) is 11.5 Å². The number of anilines is 1. The standard InChI is InChI=1S/C14H8ClNO4/c15-5-1-2-6(16)10-9(5)13(19)11-7(17)3-4-8(18)12(11)14(10)20/h1-4,17-18H,16H2. The molecule has 2 aromatic rings. The van der Waals surface area contributed by atoms with Gasteiger partial charge in [-0.1, -0.05) is 11.6 Å². The minimum atomic E-state index is -0.639. The number of hydrogen-bond acceptors (Lipinski definition) is 5. The molecule has 4 N–H and O–H groups in total. The molecule has 6 heteroatoms. The Bertz CT molecular complexity index is 669. The highest BCUT2D eigenvalue weighted by atomic mass is 35.5. The molecule has 20 heavy (non-hydrogen) atoms. The lowest BCUT2D eigenvalue weighted by molar-refractivity contribution is 0.0975. The maximum absolute atomic E-state index is 12.4. The van der Waals surface area contributed by atoms with Crippen LogP contribution in [0.4, 0.5) is 5.69 Å². The molecule has 5 nitrogen and oxygen atoms in total. The first-order valence-corrected chi connectivity index (χ1v) is 6.03. The second kappa shape index (κ2) is 3.98. The number of nitrogens with two attached hydrogens (primary N) is 1. The zero-order valence-corrected chi connectivity index (χ0v) is 10.7. The van der Waals surface area contributed by atoms with Crippen molar-refractivity contribution in [3.05, 3.63) is 51.5 Å². The third kappa shape index (κ3) is 1.44. The number of rotatable bonds is 0. The molecule has 0 radical (unpaired) electrons. The predicted octanol–water partition coefficient (Wildman–Crippen LogP) is 2.11. The normalized spacial score (nSPS) is 13.1. The lowest BCUT2D eigenvalue weighted by Gasteiger charge is -2.21. The van der Waals surface area contributed by atoms with Crippen molar-refractivity contribution in [1.82, 2.24) is 0 Å². The highest BCUT2D eigenvalue weighted by Gasteiger charge is 2.37. The molecule has 0 heterocycles. The van der Waals surface area contributed by atoms with E-state index in [0.29, 0.717) is 0 Å². The molecule has 0 aliphatic heterocycles. The highest BCUT2D eigenvalue weighted by Crippen LogP contribution is 2.41. The minimum absolute atomic E-state index is 0.0455. The van der Waals surface area contributed by atoms with Crippen LogP contribution in [-0.4, -0.2) is 21.8 Å². The summed E-state index contributed by atoms with van der Waals surface area (Å²) < 4.78 is 0. The van der Waals surface area contributed by atoms with Gasteiger partial charge in [-0.25, -0.2) is 0 Å². The van der Waals surface area contributed by atoms with Crippen LogP contribution in [0.25, 0.3) is 0 Å². The summed E-state index contributed by atoms with van der Waals surface area (Å²) in [6, 6.07) is 5.11. The van der Waals surface area contributed by atoms with E-state index in [1.165, 1.54) is 12.1 Å². The molecule has 2 aromatic carbocycles. The van der Waals surface area contributed by atoms with Gasteiger partial charge in [0.15, 0.2) is 5.78 Å². The van der Waals surface area contributed by atoms with E-state index < -0.39 is 11.6 Å². The zero-order chi connectivity index (χ0) is 14.6. The number of phenols is 2. The van der Waals surface area contributed by atoms with Crippen molar-refractivity contribution >= 4 is 28.9 Å². The molecule has 0 atom stereocenters. The molecule has 0 saturated carbocycles. The first-order chi connectivity index (χ1) is 9.43. The molecule has 1 aliphatic rings. The second-order valence-corrected chi connectivity index (χ2v) is 4.81. The van der Waals surface area contributed by atoms with E-state index in [4.69, 9.17) is 17.3 Å². The first kappa shape index (κ1) is 12.5. The number of carbonyl (C=O) groups is 2. The van der Waals surface area contributed by atoms with E-state index in [9.17, 15) is 19.8 Å². The molecule has 0 spiro atoms. The van der Waals surface area contributed by atoms with Crippen molar-refractivity contribution in [2.24, 2.45) is 0 Å². The Hall–Kier alpha value is -2.53. The molecule has 0 saturated heterocycles. The van der Waals surface area contributed by atoms with Gasteiger partial charge in [-0.15, -0.1) is 0 Å². The summed E-state index contributed by atoms with van der Waals surface area (Å²) in [6.07, 6.45) is 0. The van der Waals surface area contributed by atoms with Crippen LogP contribution in [0.5, 0.6) is 11.5 Å². The Labute approximate surface area is 118 Å². The van der Waals surface area contributed by atoms with Gasteiger partial charge in [-0.3, -0.25) is 9.59 Å². The summed E-state index contributed by atoms with van der Waals surface area (Å²) in [5, 5.41) is 19.7. The summed E-state index contributed by atoms with van der Waals surface area (Å²) >= 11 is 5.96. The first-order valence-electron chi connectivity index (χ1n) is 5.65. The molecular weight excluding hydrogens is 282 g/mol. The quantitative estimate of drug-likeness (QED) is 0.435. The van der Waals surface area contributed by atoms with Crippen molar-refractivity contribution in [3.8, 4) is 11.5 Å². The number of phenolic OH excluding ortho intramolecular Hbond substituents is 2. The van der Waals surface area contributed by atoms with Gasteiger partial charge in [0, 0.05) is 5.69 Å². The largest absolute Gasteiger partial charge is 0.507 e. The summed E-state index contributed by atoms with van der Waals surface area (Å²) in [4.78, 5) is 24.9. The van der Waals surface area contributed by atoms with E-state index in [0.717, 1.165) is 12.1 Å². The van der Waals surface area contributed by atoms with Crippen molar-refractivity contribution in [1.29, 1.82) is 0 Å². The molecular formula is C14H8ClNO4. The van der Waals surface area contributed by atoms with Crippen LogP contribution >= 0.6 is 11.6 Å². The lowest BCUT2D eigenvalue weighted by atomic mass is 9.82. The van der Waals surface area contributed by atoms with E-state index >= 15 is 0 Å². The molecule has 0 fully saturated rings. The van der Waals surface area contributed by atoms with E-state index in [-0.39, 0.29) is 44.5 Å². The molecule has 0 aromatic heterocycles. The van der Waals surface area contributed by atoms with Crippen LogP contribution in [0.3, 0.4) is 0 Å². The van der Waals surface area contributed by atoms with Crippen LogP contribution in [0.1, 0.15) is 31.8 Å². The number of fused-ring (bicyclic) bond motifs is 2. The van der Waals surface area contributed by atoms with E-state index in [1.807, 2.05) is 0 Å². The number of benzene rings is 2. The van der Waals surface area contributed by atoms with Gasteiger partial charge < -0.3 is 15.9 Å². The number of ketones is 2. The predicted molar refractivity (Wildman–Crippen MR) is 72.5 cm³/mol. The molecule has 0 amide bonds. The molecule has 100 valence electrons. The summed E-state index contributed by atoms with van der Waals surface area (Å²) in [7, 11) is 0. The van der Waals surface area contributed by atoms with Gasteiger partial charge in [0.25, 0.3) is 0 Å². The number of carbonyl (C=O) groups excluding carboxylic acids is 2. The van der Waals surface area contributed by atoms with Crippen molar-refractivity contribution in [3.63, 3.8) is 0 Å². The van der Waals surface area contributed by atoms with E-state index in [2.05, 4.69) is 0 Å². The van der Waals surface area contributed by atoms with Crippen LogP contribution in [0.15, 0.2) is 24.3 Å². The monoisotopic (exact) mass is 289 g/mol. The number of halogens is 1. The van der Waals surface area contributed by atoms with Gasteiger partial charge >= 0.3 is 0 Å². The highest BCUT2D eigenvalue weighted by molar-refractivity contribution is 6.40. The summed E-state index contributed by atoms with van der Waals surface area (Å²) in [5.74, 6) is -2.05. The Morgan fingerprint density at radius 2 is 1.30 bits per heavy atom. The lowest BCUT2D eigenvalue weighted by Crippen LogP contribution is -2.23. The molecule has 3 rings (SSSR count). The van der Waals surface area contributed by atoms with E-state index in [1.54, 1.807) is 0 Å². The maximum Gasteiger partial charge on any atom is 0.200 e. The number of nitrogen functional groups attached to an aromatic ring is 1. The van der Waals surface area contributed by atoms with Gasteiger partial charge in [-0.05, 0) is 24.3 Å². The Balaban J connectivity index is 2.46. The summed E-state index contributed by atoms with van der Waals surface area (Å²) in [5.41, 5.74) is 5.22. The fraction of sp³-hybridized carbons (Fsp3) is 0. The molecule has 0 unspecified atom stereocenters. The van der Waals surface area contributed by atoms with Crippen molar-refractivity contribution < 1.29 is 19.8 Å².